The van der Waals surface area contributed by atoms with Gasteiger partial charge in [-0.1, -0.05) is 0 Å². The summed E-state index contributed by atoms with van der Waals surface area (Å²) in [5.41, 5.74) is -0.890. The van der Waals surface area contributed by atoms with Crippen LogP contribution in [0, 0.1) is 0 Å². The molecule has 0 saturated carbocycles. The van der Waals surface area contributed by atoms with Crippen molar-refractivity contribution < 1.29 is 9.90 Å². The first-order valence-electron chi connectivity index (χ1n) is 7.01. The number of hydrogen-bond donors (Lipinski definition) is 2. The molecule has 0 bridgehead atoms. The van der Waals surface area contributed by atoms with Gasteiger partial charge in [0.25, 0.3) is 0 Å². The topological polar surface area (TPSA) is 83.3 Å². The summed E-state index contributed by atoms with van der Waals surface area (Å²) in [6.45, 7) is 8.91. The van der Waals surface area contributed by atoms with Crippen molar-refractivity contribution >= 4 is 5.97 Å². The van der Waals surface area contributed by atoms with Gasteiger partial charge in [0.1, 0.15) is 17.7 Å². The molecule has 2 N–H and O–H groups in total. The number of nitrogens with one attached hydrogen (secondary N) is 1. The van der Waals surface area contributed by atoms with Crippen LogP contribution >= 0.6 is 0 Å². The Hall–Kier alpha value is -1.47. The molecule has 1 unspecified atom stereocenters. The predicted octanol–water partition coefficient (Wildman–Crippen LogP) is 0.325. The first kappa shape index (κ1) is 14.9. The van der Waals surface area contributed by atoms with Gasteiger partial charge in [-0.2, -0.15) is 0 Å². The van der Waals surface area contributed by atoms with Crippen molar-refractivity contribution in [2.45, 2.75) is 51.9 Å². The van der Waals surface area contributed by atoms with E-state index in [1.54, 1.807) is 13.3 Å². The summed E-state index contributed by atoms with van der Waals surface area (Å²) in [6, 6.07) is 0.139. The molecule has 2 rings (SSSR count). The van der Waals surface area contributed by atoms with Crippen LogP contribution in [0.25, 0.3) is 0 Å². The van der Waals surface area contributed by atoms with Gasteiger partial charge in [0, 0.05) is 25.7 Å². The van der Waals surface area contributed by atoms with Gasteiger partial charge >= 0.3 is 5.97 Å². The highest BCUT2D eigenvalue weighted by molar-refractivity contribution is 5.78. The number of carboxylic acids is 1. The van der Waals surface area contributed by atoms with E-state index in [0.29, 0.717) is 6.42 Å². The van der Waals surface area contributed by atoms with Gasteiger partial charge in [0.15, 0.2) is 0 Å². The molecule has 0 spiro atoms. The molecule has 1 aliphatic heterocycles. The summed E-state index contributed by atoms with van der Waals surface area (Å²) < 4.78 is 2.04. The highest BCUT2D eigenvalue weighted by Gasteiger charge is 2.34. The largest absolute Gasteiger partial charge is 0.480 e. The third-order valence-corrected chi connectivity index (χ3v) is 3.73. The second-order valence-corrected chi connectivity index (χ2v) is 5.90. The molecule has 2 heterocycles. The number of rotatable bonds is 6. The Morgan fingerprint density at radius 1 is 1.55 bits per heavy atom. The summed E-state index contributed by atoms with van der Waals surface area (Å²) in [6.07, 6.45) is 2.31. The van der Waals surface area contributed by atoms with Crippen LogP contribution in [0.2, 0.25) is 0 Å². The molecule has 1 aliphatic rings. The Labute approximate surface area is 119 Å². The van der Waals surface area contributed by atoms with Gasteiger partial charge in [-0.15, -0.1) is 10.2 Å². The molecule has 0 radical (unpaired) electrons. The van der Waals surface area contributed by atoms with Crippen molar-refractivity contribution in [2.75, 3.05) is 13.1 Å². The minimum Gasteiger partial charge on any atom is -0.480 e. The average molecular weight is 281 g/mol. The van der Waals surface area contributed by atoms with Crippen molar-refractivity contribution in [3.63, 3.8) is 0 Å². The lowest BCUT2D eigenvalue weighted by Gasteiger charge is -2.33. The number of nitrogens with zero attached hydrogens (tertiary/aromatic N) is 4. The summed E-state index contributed by atoms with van der Waals surface area (Å²) in [5, 5.41) is 20.5. The fourth-order valence-corrected chi connectivity index (χ4v) is 2.57. The van der Waals surface area contributed by atoms with Crippen LogP contribution in [0.4, 0.5) is 0 Å². The molecular formula is C13H23N5O2. The molecule has 1 aromatic heterocycles. The van der Waals surface area contributed by atoms with Crippen LogP contribution in [-0.4, -0.2) is 55.4 Å². The zero-order chi connectivity index (χ0) is 14.8. The maximum absolute atomic E-state index is 11.5. The maximum Gasteiger partial charge on any atom is 0.323 e. The Morgan fingerprint density at radius 2 is 2.30 bits per heavy atom. The van der Waals surface area contributed by atoms with Crippen LogP contribution in [0.15, 0.2) is 6.33 Å². The zero-order valence-corrected chi connectivity index (χ0v) is 12.3. The molecule has 0 aromatic carbocycles. The van der Waals surface area contributed by atoms with E-state index in [1.807, 2.05) is 18.4 Å². The van der Waals surface area contributed by atoms with Crippen LogP contribution in [0.5, 0.6) is 0 Å². The summed E-state index contributed by atoms with van der Waals surface area (Å²) in [4.78, 5) is 13.7. The quantitative estimate of drug-likeness (QED) is 0.781. The maximum atomic E-state index is 11.5. The molecule has 0 saturated heterocycles. The molecular weight excluding hydrogens is 258 g/mol. The second-order valence-electron chi connectivity index (χ2n) is 5.90. The zero-order valence-electron chi connectivity index (χ0n) is 12.3. The Bertz CT molecular complexity index is 473. The molecule has 0 fully saturated rings. The van der Waals surface area contributed by atoms with Crippen molar-refractivity contribution in [3.8, 4) is 0 Å². The van der Waals surface area contributed by atoms with Crippen LogP contribution in [0.3, 0.4) is 0 Å². The smallest absolute Gasteiger partial charge is 0.323 e. The van der Waals surface area contributed by atoms with E-state index in [4.69, 9.17) is 0 Å². The lowest BCUT2D eigenvalue weighted by molar-refractivity contribution is -0.145. The van der Waals surface area contributed by atoms with E-state index in [-0.39, 0.29) is 6.04 Å². The van der Waals surface area contributed by atoms with E-state index in [2.05, 4.69) is 20.4 Å². The Morgan fingerprint density at radius 3 is 2.95 bits per heavy atom. The van der Waals surface area contributed by atoms with E-state index in [9.17, 15) is 9.90 Å². The standard InChI is InChI=1S/C13H23N5O2/c1-10(2)15-13(3,12(19)20)4-5-17-6-7-18-9-14-16-11(18)8-17/h9-10,15H,4-8H2,1-3H3,(H,19,20). The summed E-state index contributed by atoms with van der Waals surface area (Å²) in [5.74, 6) is 0.150. The van der Waals surface area contributed by atoms with Gasteiger partial charge in [-0.05, 0) is 27.2 Å². The fourth-order valence-electron chi connectivity index (χ4n) is 2.57. The summed E-state index contributed by atoms with van der Waals surface area (Å²) in [7, 11) is 0. The lowest BCUT2D eigenvalue weighted by atomic mass is 9.96. The third kappa shape index (κ3) is 3.34. The number of carboxylic acid groups (broad SMARTS) is 1. The average Bonchev–Trinajstić information content (AvgIpc) is 2.82. The van der Waals surface area contributed by atoms with Crippen LogP contribution in [0.1, 0.15) is 33.0 Å². The Kier molecular flexibility index (Phi) is 4.39. The summed E-state index contributed by atoms with van der Waals surface area (Å²) >= 11 is 0. The number of hydrogen-bond acceptors (Lipinski definition) is 5. The monoisotopic (exact) mass is 281 g/mol. The lowest BCUT2D eigenvalue weighted by Crippen LogP contribution is -2.54. The molecule has 112 valence electrons. The van der Waals surface area contributed by atoms with E-state index < -0.39 is 11.5 Å². The van der Waals surface area contributed by atoms with Crippen LogP contribution in [-0.2, 0) is 17.9 Å². The SMILES string of the molecule is CC(C)NC(C)(CCN1CCn2cnnc2C1)C(=O)O. The van der Waals surface area contributed by atoms with Crippen molar-refractivity contribution in [3.05, 3.63) is 12.2 Å². The van der Waals surface area contributed by atoms with Crippen LogP contribution < -0.4 is 5.32 Å². The molecule has 1 aromatic rings. The van der Waals surface area contributed by atoms with E-state index >= 15 is 0 Å². The minimum atomic E-state index is -0.890. The van der Waals surface area contributed by atoms with Crippen molar-refractivity contribution in [1.82, 2.24) is 25.0 Å². The predicted molar refractivity (Wildman–Crippen MR) is 74.2 cm³/mol. The van der Waals surface area contributed by atoms with Crippen molar-refractivity contribution in [1.29, 1.82) is 0 Å². The number of fused-ring (bicyclic) bond motifs is 1. The van der Waals surface area contributed by atoms with E-state index in [0.717, 1.165) is 32.0 Å². The van der Waals surface area contributed by atoms with Gasteiger partial charge < -0.3 is 9.67 Å². The van der Waals surface area contributed by atoms with Gasteiger partial charge in [-0.3, -0.25) is 15.0 Å². The first-order chi connectivity index (χ1) is 9.40. The van der Waals surface area contributed by atoms with Gasteiger partial charge in [-0.25, -0.2) is 0 Å². The minimum absolute atomic E-state index is 0.139. The normalized spacial score (nSPS) is 18.8. The molecule has 1 atom stereocenters. The number of aromatic nitrogens is 3. The number of aliphatic carboxylic acids is 1. The third-order valence-electron chi connectivity index (χ3n) is 3.73. The molecule has 20 heavy (non-hydrogen) atoms. The molecule has 0 amide bonds. The fraction of sp³-hybridized carbons (Fsp3) is 0.769. The highest BCUT2D eigenvalue weighted by atomic mass is 16.4. The van der Waals surface area contributed by atoms with Gasteiger partial charge in [0.05, 0.1) is 6.54 Å². The Balaban J connectivity index is 1.92. The van der Waals surface area contributed by atoms with Gasteiger partial charge in [0.2, 0.25) is 0 Å². The highest BCUT2D eigenvalue weighted by Crippen LogP contribution is 2.15. The molecule has 0 aliphatic carbocycles. The van der Waals surface area contributed by atoms with Crippen molar-refractivity contribution in [2.24, 2.45) is 0 Å². The van der Waals surface area contributed by atoms with E-state index in [1.165, 1.54) is 0 Å². The molecule has 7 heteroatoms. The molecule has 7 nitrogen and oxygen atoms in total. The first-order valence-corrected chi connectivity index (χ1v) is 7.01. The number of carbonyl (C=O) groups is 1. The second kappa shape index (κ2) is 5.88.